The maximum absolute atomic E-state index is 12.8. The molecular formula is C15H26N2O3. The molecule has 0 radical (unpaired) electrons. The fourth-order valence-corrected chi connectivity index (χ4v) is 3.14. The molecule has 0 aromatic rings. The minimum Gasteiger partial charge on any atom is -0.377 e. The Morgan fingerprint density at radius 2 is 1.85 bits per heavy atom. The highest BCUT2D eigenvalue weighted by atomic mass is 16.5. The first kappa shape index (κ1) is 15.3. The van der Waals surface area contributed by atoms with Gasteiger partial charge in [-0.1, -0.05) is 12.8 Å². The number of nitrogens with zero attached hydrogens (tertiary/aromatic N) is 1. The van der Waals surface area contributed by atoms with E-state index in [9.17, 15) is 9.59 Å². The molecule has 114 valence electrons. The third kappa shape index (κ3) is 2.55. The molecule has 2 rings (SSSR count). The lowest BCUT2D eigenvalue weighted by Crippen LogP contribution is -2.73. The smallest absolute Gasteiger partial charge is 0.249 e. The lowest BCUT2D eigenvalue weighted by atomic mass is 9.86. The van der Waals surface area contributed by atoms with Crippen LogP contribution in [0.1, 0.15) is 53.4 Å². The van der Waals surface area contributed by atoms with Crippen LogP contribution < -0.4 is 5.32 Å². The topological polar surface area (TPSA) is 58.6 Å². The maximum atomic E-state index is 12.8. The van der Waals surface area contributed by atoms with Gasteiger partial charge in [0.25, 0.3) is 0 Å². The summed E-state index contributed by atoms with van der Waals surface area (Å²) in [5.74, 6) is 0.00973. The Morgan fingerprint density at radius 3 is 2.40 bits per heavy atom. The first-order valence-corrected chi connectivity index (χ1v) is 7.56. The van der Waals surface area contributed by atoms with Crippen LogP contribution in [0.15, 0.2) is 0 Å². The average molecular weight is 282 g/mol. The minimum absolute atomic E-state index is 0.0523. The van der Waals surface area contributed by atoms with Gasteiger partial charge in [0.1, 0.15) is 11.1 Å². The predicted molar refractivity (Wildman–Crippen MR) is 76.2 cm³/mol. The van der Waals surface area contributed by atoms with Gasteiger partial charge in [-0.2, -0.15) is 0 Å². The van der Waals surface area contributed by atoms with Crippen LogP contribution in [0.4, 0.5) is 0 Å². The second-order valence-corrected chi connectivity index (χ2v) is 6.68. The van der Waals surface area contributed by atoms with Gasteiger partial charge < -0.3 is 15.0 Å². The Kier molecular flexibility index (Phi) is 4.09. The van der Waals surface area contributed by atoms with Crippen LogP contribution in [-0.4, -0.2) is 47.0 Å². The van der Waals surface area contributed by atoms with E-state index in [0.29, 0.717) is 13.2 Å². The summed E-state index contributed by atoms with van der Waals surface area (Å²) in [6, 6.07) is 0. The summed E-state index contributed by atoms with van der Waals surface area (Å²) in [6.45, 7) is 8.48. The maximum Gasteiger partial charge on any atom is 0.249 e. The van der Waals surface area contributed by atoms with Gasteiger partial charge >= 0.3 is 0 Å². The zero-order valence-corrected chi connectivity index (χ0v) is 13.0. The third-order valence-electron chi connectivity index (χ3n) is 4.46. The van der Waals surface area contributed by atoms with Gasteiger partial charge in [-0.15, -0.1) is 0 Å². The lowest BCUT2D eigenvalue weighted by molar-refractivity contribution is -0.162. The van der Waals surface area contributed by atoms with Crippen molar-refractivity contribution in [3.63, 3.8) is 0 Å². The molecule has 20 heavy (non-hydrogen) atoms. The summed E-state index contributed by atoms with van der Waals surface area (Å²) in [5, 5.41) is 2.99. The first-order chi connectivity index (χ1) is 9.29. The molecule has 2 fully saturated rings. The number of carbonyl (C=O) groups is 2. The van der Waals surface area contributed by atoms with Crippen molar-refractivity contribution in [2.45, 2.75) is 70.6 Å². The zero-order valence-electron chi connectivity index (χ0n) is 13.0. The molecule has 1 saturated carbocycles. The molecule has 0 aromatic heterocycles. The van der Waals surface area contributed by atoms with Crippen LogP contribution in [-0.2, 0) is 14.3 Å². The highest BCUT2D eigenvalue weighted by Crippen LogP contribution is 2.37. The van der Waals surface area contributed by atoms with E-state index < -0.39 is 11.1 Å². The first-order valence-electron chi connectivity index (χ1n) is 7.56. The van der Waals surface area contributed by atoms with E-state index in [1.165, 1.54) is 0 Å². The Labute approximate surface area is 121 Å². The molecule has 1 aliphatic carbocycles. The molecule has 5 heteroatoms. The van der Waals surface area contributed by atoms with Gasteiger partial charge in [0, 0.05) is 6.54 Å². The minimum atomic E-state index is -0.800. The zero-order chi connectivity index (χ0) is 15.0. The number of piperazine rings is 1. The number of carbonyl (C=O) groups excluding carboxylic acids is 2. The van der Waals surface area contributed by atoms with Crippen LogP contribution in [0.25, 0.3) is 0 Å². The van der Waals surface area contributed by atoms with Gasteiger partial charge in [0.2, 0.25) is 11.8 Å². The second kappa shape index (κ2) is 5.35. The van der Waals surface area contributed by atoms with E-state index in [0.717, 1.165) is 25.7 Å². The molecular weight excluding hydrogens is 256 g/mol. The fraction of sp³-hybridized carbons (Fsp3) is 0.867. The van der Waals surface area contributed by atoms with Crippen molar-refractivity contribution in [1.82, 2.24) is 10.2 Å². The van der Waals surface area contributed by atoms with Crippen LogP contribution in [0.3, 0.4) is 0 Å². The van der Waals surface area contributed by atoms with Crippen molar-refractivity contribution in [1.29, 1.82) is 0 Å². The predicted octanol–water partition coefficient (Wildman–Crippen LogP) is 1.46. The summed E-state index contributed by atoms with van der Waals surface area (Å²) in [6.07, 6.45) is 3.66. The molecule has 0 aromatic carbocycles. The molecule has 1 spiro atoms. The van der Waals surface area contributed by atoms with Crippen molar-refractivity contribution in [2.75, 3.05) is 13.2 Å². The molecule has 1 saturated heterocycles. The molecule has 2 aliphatic rings. The lowest BCUT2D eigenvalue weighted by Gasteiger charge is -2.48. The van der Waals surface area contributed by atoms with Gasteiger partial charge in [-0.3, -0.25) is 9.59 Å². The largest absolute Gasteiger partial charge is 0.377 e. The fourth-order valence-electron chi connectivity index (χ4n) is 3.14. The number of rotatable bonds is 4. The molecule has 2 amide bonds. The van der Waals surface area contributed by atoms with Gasteiger partial charge in [-0.05, 0) is 40.5 Å². The number of amides is 2. The van der Waals surface area contributed by atoms with E-state index in [-0.39, 0.29) is 17.9 Å². The van der Waals surface area contributed by atoms with Crippen molar-refractivity contribution < 1.29 is 14.3 Å². The van der Waals surface area contributed by atoms with Crippen LogP contribution in [0.2, 0.25) is 0 Å². The molecule has 5 nitrogen and oxygen atoms in total. The number of hydrogen-bond donors (Lipinski definition) is 1. The molecule has 1 N–H and O–H groups in total. The number of ether oxygens (including phenoxy) is 1. The molecule has 0 unspecified atom stereocenters. The van der Waals surface area contributed by atoms with E-state index in [1.807, 2.05) is 13.8 Å². The highest BCUT2D eigenvalue weighted by Gasteiger charge is 2.55. The summed E-state index contributed by atoms with van der Waals surface area (Å²) < 4.78 is 5.55. The number of nitrogens with one attached hydrogen (secondary N) is 1. The Balaban J connectivity index is 2.16. The quantitative estimate of drug-likeness (QED) is 0.849. The Morgan fingerprint density at radius 1 is 1.25 bits per heavy atom. The SMILES string of the molecule is CC(C)OCCN1C(=O)C2(CCCC2)NC(=O)C1(C)C. The van der Waals surface area contributed by atoms with E-state index in [4.69, 9.17) is 4.74 Å². The van der Waals surface area contributed by atoms with Crippen molar-refractivity contribution >= 4 is 11.8 Å². The Bertz CT molecular complexity index is 398. The molecule has 1 heterocycles. The highest BCUT2D eigenvalue weighted by molar-refractivity contribution is 6.02. The van der Waals surface area contributed by atoms with E-state index >= 15 is 0 Å². The Hall–Kier alpha value is -1.10. The van der Waals surface area contributed by atoms with Crippen LogP contribution >= 0.6 is 0 Å². The number of hydrogen-bond acceptors (Lipinski definition) is 3. The van der Waals surface area contributed by atoms with Crippen molar-refractivity contribution in [3.8, 4) is 0 Å². The van der Waals surface area contributed by atoms with Gasteiger partial charge in [-0.25, -0.2) is 0 Å². The van der Waals surface area contributed by atoms with Gasteiger partial charge in [0.15, 0.2) is 0 Å². The van der Waals surface area contributed by atoms with Crippen molar-refractivity contribution in [2.24, 2.45) is 0 Å². The summed E-state index contributed by atoms with van der Waals surface area (Å²) >= 11 is 0. The second-order valence-electron chi connectivity index (χ2n) is 6.68. The van der Waals surface area contributed by atoms with Crippen LogP contribution in [0.5, 0.6) is 0 Å². The molecule has 1 aliphatic heterocycles. The third-order valence-corrected chi connectivity index (χ3v) is 4.46. The van der Waals surface area contributed by atoms with Crippen LogP contribution in [0, 0.1) is 0 Å². The summed E-state index contributed by atoms with van der Waals surface area (Å²) in [5.41, 5.74) is -1.45. The van der Waals surface area contributed by atoms with E-state index in [2.05, 4.69) is 5.32 Å². The molecule has 0 atom stereocenters. The van der Waals surface area contributed by atoms with Gasteiger partial charge in [0.05, 0.1) is 12.7 Å². The summed E-state index contributed by atoms with van der Waals surface area (Å²) in [4.78, 5) is 26.9. The normalized spacial score (nSPS) is 24.6. The standard InChI is InChI=1S/C15H26N2O3/c1-11(2)20-10-9-17-13(19)15(7-5-6-8-15)16-12(18)14(17,3)4/h11H,5-10H2,1-4H3,(H,16,18). The van der Waals surface area contributed by atoms with E-state index in [1.54, 1.807) is 18.7 Å². The average Bonchev–Trinajstić information content (AvgIpc) is 2.81. The molecule has 0 bridgehead atoms. The van der Waals surface area contributed by atoms with Crippen molar-refractivity contribution in [3.05, 3.63) is 0 Å². The monoisotopic (exact) mass is 282 g/mol. The summed E-state index contributed by atoms with van der Waals surface area (Å²) in [7, 11) is 0.